The molecule has 3 aromatic rings. The van der Waals surface area contributed by atoms with Crippen molar-refractivity contribution in [3.63, 3.8) is 0 Å². The summed E-state index contributed by atoms with van der Waals surface area (Å²) in [6, 6.07) is 3.44. The van der Waals surface area contributed by atoms with Gasteiger partial charge in [0.05, 0.1) is 16.7 Å². The highest BCUT2D eigenvalue weighted by atomic mass is 19.4. The number of hydrogen-bond donors (Lipinski definition) is 1. The maximum Gasteiger partial charge on any atom is 0.419 e. The molecular weight excluding hydrogens is 432 g/mol. The first kappa shape index (κ1) is 21.7. The summed E-state index contributed by atoms with van der Waals surface area (Å²) in [5.41, 5.74) is -0.540. The number of halogens is 4. The van der Waals surface area contributed by atoms with Crippen LogP contribution < -0.4 is 5.32 Å². The number of hydrogen-bond acceptors (Lipinski definition) is 7. The fourth-order valence-corrected chi connectivity index (χ4v) is 3.47. The Bertz CT molecular complexity index is 1120. The normalized spacial score (nSPS) is 16.8. The van der Waals surface area contributed by atoms with E-state index in [1.165, 1.54) is 12.1 Å². The van der Waals surface area contributed by atoms with Gasteiger partial charge in [-0.15, -0.1) is 0 Å². The first-order chi connectivity index (χ1) is 15.2. The van der Waals surface area contributed by atoms with Crippen molar-refractivity contribution >= 4 is 11.9 Å². The Morgan fingerprint density at radius 3 is 2.66 bits per heavy atom. The average molecular weight is 450 g/mol. The minimum Gasteiger partial charge on any atom is -0.350 e. The number of aromatic nitrogens is 4. The number of rotatable bonds is 4. The van der Waals surface area contributed by atoms with E-state index in [-0.39, 0.29) is 41.5 Å². The van der Waals surface area contributed by atoms with Crippen molar-refractivity contribution in [3.05, 3.63) is 53.4 Å². The van der Waals surface area contributed by atoms with Gasteiger partial charge in [-0.3, -0.25) is 4.79 Å². The van der Waals surface area contributed by atoms with Gasteiger partial charge in [-0.25, -0.2) is 14.4 Å². The second kappa shape index (κ2) is 8.52. The molecule has 8 nitrogen and oxygen atoms in total. The molecule has 1 aliphatic heterocycles. The van der Waals surface area contributed by atoms with E-state index in [4.69, 9.17) is 4.52 Å². The largest absolute Gasteiger partial charge is 0.419 e. The van der Waals surface area contributed by atoms with Crippen LogP contribution in [0.25, 0.3) is 11.5 Å². The number of carbonyl (C=O) groups is 1. The third kappa shape index (κ3) is 4.68. The van der Waals surface area contributed by atoms with Crippen LogP contribution in [0, 0.1) is 12.7 Å². The van der Waals surface area contributed by atoms with E-state index in [1.807, 2.05) is 0 Å². The molecule has 3 heterocycles. The zero-order chi connectivity index (χ0) is 22.9. The van der Waals surface area contributed by atoms with Crippen molar-refractivity contribution < 1.29 is 26.9 Å². The minimum atomic E-state index is -4.52. The molecule has 1 aliphatic rings. The van der Waals surface area contributed by atoms with Gasteiger partial charge >= 0.3 is 6.18 Å². The summed E-state index contributed by atoms with van der Waals surface area (Å²) in [6.45, 7) is 2.34. The summed E-state index contributed by atoms with van der Waals surface area (Å²) in [4.78, 5) is 26.3. The maximum atomic E-state index is 13.8. The number of piperidine rings is 1. The van der Waals surface area contributed by atoms with Gasteiger partial charge in [0.15, 0.2) is 5.82 Å². The Balaban J connectivity index is 1.50. The van der Waals surface area contributed by atoms with Crippen molar-refractivity contribution in [2.24, 2.45) is 0 Å². The third-order valence-corrected chi connectivity index (χ3v) is 4.99. The molecule has 0 aliphatic carbocycles. The average Bonchev–Trinajstić information content (AvgIpc) is 3.19. The number of carbonyl (C=O) groups excluding carboxylic acids is 1. The van der Waals surface area contributed by atoms with Crippen molar-refractivity contribution in [2.75, 3.05) is 18.4 Å². The molecule has 0 saturated carbocycles. The molecule has 4 rings (SSSR count). The van der Waals surface area contributed by atoms with Crippen molar-refractivity contribution in [2.45, 2.75) is 32.0 Å². The highest BCUT2D eigenvalue weighted by molar-refractivity contribution is 6.00. The highest BCUT2D eigenvalue weighted by Gasteiger charge is 2.32. The summed E-state index contributed by atoms with van der Waals surface area (Å²) in [7, 11) is 0. The number of anilines is 1. The molecule has 0 bridgehead atoms. The molecule has 12 heteroatoms. The van der Waals surface area contributed by atoms with Crippen LogP contribution in [0.2, 0.25) is 0 Å². The van der Waals surface area contributed by atoms with E-state index >= 15 is 0 Å². The minimum absolute atomic E-state index is 0.0372. The van der Waals surface area contributed by atoms with Crippen molar-refractivity contribution in [3.8, 4) is 11.5 Å². The molecule has 1 aromatic carbocycles. The Kier molecular flexibility index (Phi) is 5.76. The van der Waals surface area contributed by atoms with Gasteiger partial charge < -0.3 is 14.7 Å². The van der Waals surface area contributed by atoms with Gasteiger partial charge in [0, 0.05) is 31.5 Å². The Morgan fingerprint density at radius 2 is 2.00 bits per heavy atom. The third-order valence-electron chi connectivity index (χ3n) is 4.99. The summed E-state index contributed by atoms with van der Waals surface area (Å²) in [6.07, 6.45) is -1.78. The molecule has 0 spiro atoms. The SMILES string of the molecule is Cc1noc(-c2cc(F)ccc2C(=O)N2CCC[C@@H](Nc3ncc(C(F)(F)F)cn3)C2)n1. The lowest BCUT2D eigenvalue weighted by molar-refractivity contribution is -0.138. The van der Waals surface area contributed by atoms with Gasteiger partial charge in [0.25, 0.3) is 11.8 Å². The van der Waals surface area contributed by atoms with E-state index in [0.29, 0.717) is 37.6 Å². The molecule has 1 N–H and O–H groups in total. The lowest BCUT2D eigenvalue weighted by Gasteiger charge is -2.33. The summed E-state index contributed by atoms with van der Waals surface area (Å²) in [5.74, 6) is -0.474. The molecule has 1 amide bonds. The van der Waals surface area contributed by atoms with Crippen LogP contribution in [0.5, 0.6) is 0 Å². The monoisotopic (exact) mass is 450 g/mol. The molecule has 32 heavy (non-hydrogen) atoms. The predicted molar refractivity (Wildman–Crippen MR) is 104 cm³/mol. The van der Waals surface area contributed by atoms with Crippen LogP contribution in [-0.4, -0.2) is 50.0 Å². The van der Waals surface area contributed by atoms with Crippen molar-refractivity contribution in [1.82, 2.24) is 25.0 Å². The molecule has 1 fully saturated rings. The summed E-state index contributed by atoms with van der Waals surface area (Å²) in [5, 5.41) is 6.66. The number of benzene rings is 1. The Labute approximate surface area is 179 Å². The molecular formula is C20H18F4N6O2. The summed E-state index contributed by atoms with van der Waals surface area (Å²) < 4.78 is 57.0. The summed E-state index contributed by atoms with van der Waals surface area (Å²) >= 11 is 0. The van der Waals surface area contributed by atoms with E-state index in [2.05, 4.69) is 25.4 Å². The number of aryl methyl sites for hydroxylation is 1. The Hall–Kier alpha value is -3.57. The molecule has 1 atom stereocenters. The Morgan fingerprint density at radius 1 is 1.25 bits per heavy atom. The lowest BCUT2D eigenvalue weighted by Crippen LogP contribution is -2.45. The van der Waals surface area contributed by atoms with Gasteiger partial charge in [-0.1, -0.05) is 5.16 Å². The number of amides is 1. The van der Waals surface area contributed by atoms with E-state index < -0.39 is 17.6 Å². The fourth-order valence-electron chi connectivity index (χ4n) is 3.47. The number of nitrogens with zero attached hydrogens (tertiary/aromatic N) is 5. The second-order valence-corrected chi connectivity index (χ2v) is 7.36. The molecule has 0 radical (unpaired) electrons. The second-order valence-electron chi connectivity index (χ2n) is 7.36. The molecule has 0 unspecified atom stereocenters. The number of nitrogens with one attached hydrogen (secondary N) is 1. The van der Waals surface area contributed by atoms with Crippen LogP contribution in [0.15, 0.2) is 35.1 Å². The molecule has 168 valence electrons. The first-order valence-corrected chi connectivity index (χ1v) is 9.76. The first-order valence-electron chi connectivity index (χ1n) is 9.76. The van der Waals surface area contributed by atoms with E-state index in [9.17, 15) is 22.4 Å². The van der Waals surface area contributed by atoms with E-state index in [0.717, 1.165) is 6.07 Å². The smallest absolute Gasteiger partial charge is 0.350 e. The van der Waals surface area contributed by atoms with Gasteiger partial charge in [-0.2, -0.15) is 18.2 Å². The number of alkyl halides is 3. The molecule has 1 saturated heterocycles. The molecule has 2 aromatic heterocycles. The highest BCUT2D eigenvalue weighted by Crippen LogP contribution is 2.29. The van der Waals surface area contributed by atoms with Crippen LogP contribution in [0.1, 0.15) is 34.6 Å². The van der Waals surface area contributed by atoms with Gasteiger partial charge in [0.2, 0.25) is 5.95 Å². The zero-order valence-corrected chi connectivity index (χ0v) is 16.9. The van der Waals surface area contributed by atoms with Gasteiger partial charge in [-0.05, 0) is 38.0 Å². The lowest BCUT2D eigenvalue weighted by atomic mass is 10.0. The fraction of sp³-hybridized carbons (Fsp3) is 0.350. The predicted octanol–water partition coefficient (Wildman–Crippen LogP) is 3.71. The quantitative estimate of drug-likeness (QED) is 0.606. The maximum absolute atomic E-state index is 13.8. The standard InChI is InChI=1S/C20H18F4N6O2/c1-11-27-17(32-29-11)16-7-13(21)4-5-15(16)18(31)30-6-2-3-14(10-30)28-19-25-8-12(9-26-19)20(22,23)24/h4-5,7-9,14H,2-3,6,10H2,1H3,(H,25,26,28)/t14-/m1/s1. The van der Waals surface area contributed by atoms with Gasteiger partial charge in [0.1, 0.15) is 5.82 Å². The van der Waals surface area contributed by atoms with Crippen LogP contribution in [0.3, 0.4) is 0 Å². The topological polar surface area (TPSA) is 97.0 Å². The number of likely N-dealkylation sites (tertiary alicyclic amines) is 1. The van der Waals surface area contributed by atoms with Crippen molar-refractivity contribution in [1.29, 1.82) is 0 Å². The van der Waals surface area contributed by atoms with Crippen LogP contribution >= 0.6 is 0 Å². The van der Waals surface area contributed by atoms with Crippen LogP contribution in [-0.2, 0) is 6.18 Å². The van der Waals surface area contributed by atoms with Crippen LogP contribution in [0.4, 0.5) is 23.5 Å². The van der Waals surface area contributed by atoms with E-state index in [1.54, 1.807) is 11.8 Å². The zero-order valence-electron chi connectivity index (χ0n) is 16.9.